The van der Waals surface area contributed by atoms with Crippen molar-refractivity contribution in [3.8, 4) is 0 Å². The highest BCUT2D eigenvalue weighted by molar-refractivity contribution is 7.22. The number of nitrogens with one attached hydrogen (secondary N) is 1. The number of benzene rings is 1. The number of thiazole rings is 1. The molecule has 1 saturated carbocycles. The van der Waals surface area contributed by atoms with Gasteiger partial charge < -0.3 is 5.32 Å². The first-order chi connectivity index (χ1) is 8.78. The van der Waals surface area contributed by atoms with Gasteiger partial charge in [0.1, 0.15) is 0 Å². The molecule has 0 amide bonds. The zero-order valence-electron chi connectivity index (χ0n) is 11.0. The fraction of sp³-hybridized carbons (Fsp3) is 0.533. The third kappa shape index (κ3) is 2.12. The zero-order valence-corrected chi connectivity index (χ0v) is 11.8. The molecular weight excluding hydrogens is 240 g/mol. The second kappa shape index (κ2) is 4.88. The highest BCUT2D eigenvalue weighted by Crippen LogP contribution is 2.36. The van der Waals surface area contributed by atoms with Crippen LogP contribution >= 0.6 is 11.3 Å². The van der Waals surface area contributed by atoms with Crippen LogP contribution in [0.25, 0.3) is 10.2 Å². The van der Waals surface area contributed by atoms with Crippen molar-refractivity contribution in [1.29, 1.82) is 0 Å². The topological polar surface area (TPSA) is 24.9 Å². The number of anilines is 1. The molecule has 1 aromatic heterocycles. The van der Waals surface area contributed by atoms with E-state index >= 15 is 0 Å². The smallest absolute Gasteiger partial charge is 0.184 e. The lowest BCUT2D eigenvalue weighted by Gasteiger charge is -2.20. The molecule has 1 aromatic carbocycles. The predicted molar refractivity (Wildman–Crippen MR) is 79.2 cm³/mol. The minimum atomic E-state index is 0.607. The van der Waals surface area contributed by atoms with Crippen molar-refractivity contribution < 1.29 is 0 Å². The van der Waals surface area contributed by atoms with Crippen LogP contribution in [-0.2, 0) is 0 Å². The summed E-state index contributed by atoms with van der Waals surface area (Å²) < 4.78 is 1.28. The average Bonchev–Trinajstić information content (AvgIpc) is 2.94. The van der Waals surface area contributed by atoms with Crippen LogP contribution in [0.5, 0.6) is 0 Å². The minimum Gasteiger partial charge on any atom is -0.358 e. The van der Waals surface area contributed by atoms with E-state index in [2.05, 4.69) is 48.4 Å². The minimum absolute atomic E-state index is 0.607. The summed E-state index contributed by atoms with van der Waals surface area (Å²) in [4.78, 5) is 4.67. The third-order valence-corrected chi connectivity index (χ3v) is 5.32. The van der Waals surface area contributed by atoms with Crippen molar-refractivity contribution >= 4 is 26.7 Å². The molecule has 18 heavy (non-hydrogen) atoms. The van der Waals surface area contributed by atoms with Gasteiger partial charge in [-0.2, -0.15) is 0 Å². The Morgan fingerprint density at radius 2 is 2.17 bits per heavy atom. The molecule has 2 aromatic rings. The standard InChI is InChI=1S/C15H20N2S/c1-3-11-8-9-12(10(11)2)16-15-17-13-6-4-5-7-14(13)18-15/h4-7,10-12H,3,8-9H2,1-2H3,(H,16,17). The van der Waals surface area contributed by atoms with E-state index in [-0.39, 0.29) is 0 Å². The van der Waals surface area contributed by atoms with Crippen LogP contribution in [0.1, 0.15) is 33.1 Å². The van der Waals surface area contributed by atoms with E-state index in [4.69, 9.17) is 0 Å². The van der Waals surface area contributed by atoms with E-state index in [1.807, 2.05) is 0 Å². The van der Waals surface area contributed by atoms with E-state index in [0.717, 1.165) is 22.5 Å². The molecule has 0 aliphatic heterocycles. The molecule has 0 spiro atoms. The van der Waals surface area contributed by atoms with Gasteiger partial charge in [0.05, 0.1) is 10.2 Å². The lowest BCUT2D eigenvalue weighted by Crippen LogP contribution is -2.24. The summed E-state index contributed by atoms with van der Waals surface area (Å²) in [5, 5.41) is 4.74. The van der Waals surface area contributed by atoms with Crippen LogP contribution in [-0.4, -0.2) is 11.0 Å². The Morgan fingerprint density at radius 1 is 1.33 bits per heavy atom. The van der Waals surface area contributed by atoms with Gasteiger partial charge in [0.2, 0.25) is 0 Å². The summed E-state index contributed by atoms with van der Waals surface area (Å²) in [6, 6.07) is 8.97. The lowest BCUT2D eigenvalue weighted by molar-refractivity contribution is 0.392. The summed E-state index contributed by atoms with van der Waals surface area (Å²) in [5.74, 6) is 1.65. The number of aromatic nitrogens is 1. The van der Waals surface area contributed by atoms with Crippen LogP contribution in [0.2, 0.25) is 0 Å². The summed E-state index contributed by atoms with van der Waals surface area (Å²) in [6.45, 7) is 4.69. The monoisotopic (exact) mass is 260 g/mol. The Balaban J connectivity index is 1.76. The van der Waals surface area contributed by atoms with E-state index in [1.54, 1.807) is 11.3 Å². The van der Waals surface area contributed by atoms with Gasteiger partial charge in [-0.15, -0.1) is 0 Å². The van der Waals surface area contributed by atoms with Crippen molar-refractivity contribution in [2.24, 2.45) is 11.8 Å². The average molecular weight is 260 g/mol. The Bertz CT molecular complexity index is 501. The normalized spacial score (nSPS) is 27.8. The molecule has 0 radical (unpaired) electrons. The maximum atomic E-state index is 4.67. The molecule has 3 heteroatoms. The molecule has 0 saturated heterocycles. The quantitative estimate of drug-likeness (QED) is 0.876. The summed E-state index contributed by atoms with van der Waals surface area (Å²) in [6.07, 6.45) is 3.95. The number of hydrogen-bond donors (Lipinski definition) is 1. The fourth-order valence-electron chi connectivity index (χ4n) is 3.12. The van der Waals surface area contributed by atoms with E-state index in [0.29, 0.717) is 6.04 Å². The third-order valence-electron chi connectivity index (χ3n) is 4.35. The first kappa shape index (κ1) is 12.0. The molecule has 2 nitrogen and oxygen atoms in total. The Labute approximate surface area is 112 Å². The van der Waals surface area contributed by atoms with Gasteiger partial charge in [0.25, 0.3) is 0 Å². The van der Waals surface area contributed by atoms with Crippen LogP contribution in [0.3, 0.4) is 0 Å². The first-order valence-electron chi connectivity index (χ1n) is 6.90. The molecule has 1 aliphatic rings. The second-order valence-corrected chi connectivity index (χ2v) is 6.37. The highest BCUT2D eigenvalue weighted by atomic mass is 32.1. The molecule has 1 aliphatic carbocycles. The Morgan fingerprint density at radius 3 is 2.89 bits per heavy atom. The summed E-state index contributed by atoms with van der Waals surface area (Å²) in [5.41, 5.74) is 1.11. The summed E-state index contributed by atoms with van der Waals surface area (Å²) >= 11 is 1.77. The second-order valence-electron chi connectivity index (χ2n) is 5.34. The number of rotatable bonds is 3. The van der Waals surface area contributed by atoms with Crippen molar-refractivity contribution in [3.63, 3.8) is 0 Å². The van der Waals surface area contributed by atoms with E-state index < -0.39 is 0 Å². The van der Waals surface area contributed by atoms with Gasteiger partial charge in [-0.1, -0.05) is 43.7 Å². The molecule has 96 valence electrons. The largest absolute Gasteiger partial charge is 0.358 e. The fourth-order valence-corrected chi connectivity index (χ4v) is 4.05. The SMILES string of the molecule is CCC1CCC(Nc2nc3ccccc3s2)C1C. The highest BCUT2D eigenvalue weighted by Gasteiger charge is 2.31. The van der Waals surface area contributed by atoms with Crippen molar-refractivity contribution in [2.45, 2.75) is 39.2 Å². The molecule has 3 unspecified atom stereocenters. The van der Waals surface area contributed by atoms with Crippen molar-refractivity contribution in [2.75, 3.05) is 5.32 Å². The maximum absolute atomic E-state index is 4.67. The molecule has 1 fully saturated rings. The van der Waals surface area contributed by atoms with Crippen molar-refractivity contribution in [3.05, 3.63) is 24.3 Å². The molecule has 0 bridgehead atoms. The molecule has 1 heterocycles. The van der Waals surface area contributed by atoms with Crippen LogP contribution < -0.4 is 5.32 Å². The van der Waals surface area contributed by atoms with E-state index in [1.165, 1.54) is 24.0 Å². The van der Waals surface area contributed by atoms with Crippen LogP contribution in [0, 0.1) is 11.8 Å². The van der Waals surface area contributed by atoms with Gasteiger partial charge in [-0.3, -0.25) is 0 Å². The molecular formula is C15H20N2S. The Kier molecular flexibility index (Phi) is 3.25. The predicted octanol–water partition coefficient (Wildman–Crippen LogP) is 4.53. The van der Waals surface area contributed by atoms with E-state index in [9.17, 15) is 0 Å². The maximum Gasteiger partial charge on any atom is 0.184 e. The number of nitrogens with zero attached hydrogens (tertiary/aromatic N) is 1. The van der Waals surface area contributed by atoms with Gasteiger partial charge in [0.15, 0.2) is 5.13 Å². The van der Waals surface area contributed by atoms with Gasteiger partial charge >= 0.3 is 0 Å². The number of fused-ring (bicyclic) bond motifs is 1. The van der Waals surface area contributed by atoms with Gasteiger partial charge in [-0.25, -0.2) is 4.98 Å². The van der Waals surface area contributed by atoms with Crippen LogP contribution in [0.4, 0.5) is 5.13 Å². The molecule has 3 atom stereocenters. The number of para-hydroxylation sites is 1. The molecule has 3 rings (SSSR count). The lowest BCUT2D eigenvalue weighted by atomic mass is 9.94. The summed E-state index contributed by atoms with van der Waals surface area (Å²) in [7, 11) is 0. The Hall–Kier alpha value is -1.09. The van der Waals surface area contributed by atoms with Crippen LogP contribution in [0.15, 0.2) is 24.3 Å². The van der Waals surface area contributed by atoms with Gasteiger partial charge in [0, 0.05) is 6.04 Å². The molecule has 1 N–H and O–H groups in total. The first-order valence-corrected chi connectivity index (χ1v) is 7.71. The van der Waals surface area contributed by atoms with Crippen molar-refractivity contribution in [1.82, 2.24) is 4.98 Å². The zero-order chi connectivity index (χ0) is 12.5. The van der Waals surface area contributed by atoms with Gasteiger partial charge in [-0.05, 0) is 36.8 Å². The number of hydrogen-bond acceptors (Lipinski definition) is 3.